The van der Waals surface area contributed by atoms with Crippen molar-refractivity contribution < 1.29 is 21.6 Å². The number of benzene rings is 2. The molecule has 0 saturated heterocycles. The van der Waals surface area contributed by atoms with Crippen molar-refractivity contribution >= 4 is 47.1 Å². The fraction of sp³-hybridized carbons (Fsp3) is 0.200. The van der Waals surface area contributed by atoms with Crippen LogP contribution in [0.25, 0.3) is 10.2 Å². The van der Waals surface area contributed by atoms with E-state index in [0.29, 0.717) is 21.6 Å². The maximum absolute atomic E-state index is 12.9. The van der Waals surface area contributed by atoms with E-state index in [1.807, 2.05) is 0 Å². The largest absolute Gasteiger partial charge is 0.312 e. The fourth-order valence-electron chi connectivity index (χ4n) is 2.89. The predicted molar refractivity (Wildman–Crippen MR) is 117 cm³/mol. The van der Waals surface area contributed by atoms with Crippen LogP contribution in [0, 0.1) is 0 Å². The predicted octanol–water partition coefficient (Wildman–Crippen LogP) is 2.83. The van der Waals surface area contributed by atoms with Crippen LogP contribution in [0.5, 0.6) is 0 Å². The number of amides is 1. The van der Waals surface area contributed by atoms with Gasteiger partial charge in [-0.2, -0.15) is 4.99 Å². The number of carbonyl (C=O) groups excluding carboxylic acids is 1. The molecule has 0 aliphatic carbocycles. The van der Waals surface area contributed by atoms with Crippen LogP contribution in [0.1, 0.15) is 17.3 Å². The maximum Gasteiger partial charge on any atom is 0.280 e. The van der Waals surface area contributed by atoms with Gasteiger partial charge in [-0.05, 0) is 30.3 Å². The Morgan fingerprint density at radius 3 is 2.50 bits per heavy atom. The summed E-state index contributed by atoms with van der Waals surface area (Å²) in [5.41, 5.74) is 0.701. The van der Waals surface area contributed by atoms with E-state index in [1.165, 1.54) is 31.2 Å². The number of rotatable bonds is 6. The van der Waals surface area contributed by atoms with Crippen molar-refractivity contribution in [1.29, 1.82) is 0 Å². The smallest absolute Gasteiger partial charge is 0.280 e. The lowest BCUT2D eigenvalue weighted by molar-refractivity contribution is 0.0994. The van der Waals surface area contributed by atoms with Gasteiger partial charge in [-0.25, -0.2) is 16.8 Å². The molecule has 1 heterocycles. The van der Waals surface area contributed by atoms with Crippen molar-refractivity contribution in [2.45, 2.75) is 23.3 Å². The van der Waals surface area contributed by atoms with Crippen LogP contribution in [0.2, 0.25) is 0 Å². The SMILES string of the molecule is C=CCn1c(=NC(=O)c2ccccc2S(=O)(=O)CC)sc2cc(S(C)(=O)=O)ccc21. The second-order valence-electron chi connectivity index (χ2n) is 6.50. The molecule has 0 spiro atoms. The third-order valence-corrected chi connectivity index (χ3v) is 8.36. The van der Waals surface area contributed by atoms with Gasteiger partial charge >= 0.3 is 0 Å². The van der Waals surface area contributed by atoms with E-state index in [1.54, 1.807) is 28.8 Å². The van der Waals surface area contributed by atoms with Gasteiger partial charge in [0, 0.05) is 12.8 Å². The highest BCUT2D eigenvalue weighted by atomic mass is 32.2. The van der Waals surface area contributed by atoms with Crippen molar-refractivity contribution in [2.24, 2.45) is 4.99 Å². The minimum Gasteiger partial charge on any atom is -0.312 e. The van der Waals surface area contributed by atoms with E-state index in [9.17, 15) is 21.6 Å². The van der Waals surface area contributed by atoms with Crippen LogP contribution in [-0.2, 0) is 26.2 Å². The van der Waals surface area contributed by atoms with Gasteiger partial charge in [0.15, 0.2) is 24.5 Å². The zero-order valence-electron chi connectivity index (χ0n) is 16.4. The van der Waals surface area contributed by atoms with Crippen molar-refractivity contribution in [3.8, 4) is 0 Å². The maximum atomic E-state index is 12.9. The molecule has 0 saturated carbocycles. The molecule has 0 bridgehead atoms. The summed E-state index contributed by atoms with van der Waals surface area (Å²) in [5.74, 6) is -0.819. The van der Waals surface area contributed by atoms with E-state index in [-0.39, 0.29) is 21.1 Å². The zero-order valence-corrected chi connectivity index (χ0v) is 18.9. The molecule has 2 aromatic carbocycles. The quantitative estimate of drug-likeness (QED) is 0.522. The highest BCUT2D eigenvalue weighted by Crippen LogP contribution is 2.23. The molecule has 0 unspecified atom stereocenters. The molecule has 7 nitrogen and oxygen atoms in total. The first-order valence-electron chi connectivity index (χ1n) is 8.93. The molecule has 1 amide bonds. The van der Waals surface area contributed by atoms with E-state index < -0.39 is 25.6 Å². The monoisotopic (exact) mass is 464 g/mol. The number of hydrogen-bond acceptors (Lipinski definition) is 6. The summed E-state index contributed by atoms with van der Waals surface area (Å²) in [6, 6.07) is 10.7. The summed E-state index contributed by atoms with van der Waals surface area (Å²) in [6.45, 7) is 5.57. The first kappa shape index (κ1) is 22.1. The number of fused-ring (bicyclic) bond motifs is 1. The van der Waals surface area contributed by atoms with Gasteiger partial charge in [0.25, 0.3) is 5.91 Å². The van der Waals surface area contributed by atoms with Crippen molar-refractivity contribution in [1.82, 2.24) is 4.57 Å². The van der Waals surface area contributed by atoms with Gasteiger partial charge in [-0.1, -0.05) is 36.5 Å². The van der Waals surface area contributed by atoms with Crippen LogP contribution in [0.3, 0.4) is 0 Å². The Kier molecular flexibility index (Phi) is 6.11. The summed E-state index contributed by atoms with van der Waals surface area (Å²) >= 11 is 1.15. The summed E-state index contributed by atoms with van der Waals surface area (Å²) in [5, 5.41) is 0. The van der Waals surface area contributed by atoms with Gasteiger partial charge in [-0.3, -0.25) is 4.79 Å². The molecule has 3 rings (SSSR count). The van der Waals surface area contributed by atoms with Crippen LogP contribution in [0.15, 0.2) is 69.9 Å². The van der Waals surface area contributed by atoms with Gasteiger partial charge in [0.1, 0.15) is 0 Å². The summed E-state index contributed by atoms with van der Waals surface area (Å²) in [4.78, 5) is 17.5. The first-order valence-corrected chi connectivity index (χ1v) is 13.3. The molecule has 0 aliphatic heterocycles. The lowest BCUT2D eigenvalue weighted by Gasteiger charge is -2.06. The number of allylic oxidation sites excluding steroid dienone is 1. The highest BCUT2D eigenvalue weighted by Gasteiger charge is 2.21. The Balaban J connectivity index is 2.23. The molecular weight excluding hydrogens is 444 g/mol. The molecule has 1 aromatic heterocycles. The number of thiazole rings is 1. The van der Waals surface area contributed by atoms with Crippen LogP contribution in [-0.4, -0.2) is 39.3 Å². The van der Waals surface area contributed by atoms with Gasteiger partial charge < -0.3 is 4.57 Å². The Labute approximate surface area is 178 Å². The van der Waals surface area contributed by atoms with Crippen molar-refractivity contribution in [3.05, 3.63) is 65.5 Å². The average molecular weight is 465 g/mol. The summed E-state index contributed by atoms with van der Waals surface area (Å²) < 4.78 is 50.8. The molecular formula is C20H20N2O5S3. The standard InChI is InChI=1S/C20H20N2O5S3/c1-4-12-22-16-11-10-14(29(3,24)25)13-17(16)28-20(22)21-19(23)15-8-6-7-9-18(15)30(26,27)5-2/h4,6-11,13H,1,5,12H2,2-3H3. The third kappa shape index (κ3) is 4.30. The van der Waals surface area contributed by atoms with E-state index in [0.717, 1.165) is 17.6 Å². The summed E-state index contributed by atoms with van der Waals surface area (Å²) in [6.07, 6.45) is 2.76. The second kappa shape index (κ2) is 8.29. The van der Waals surface area contributed by atoms with Gasteiger partial charge in [-0.15, -0.1) is 6.58 Å². The van der Waals surface area contributed by atoms with E-state index in [2.05, 4.69) is 11.6 Å². The Morgan fingerprint density at radius 2 is 1.87 bits per heavy atom. The third-order valence-electron chi connectivity index (χ3n) is 4.42. The Hall–Kier alpha value is -2.56. The highest BCUT2D eigenvalue weighted by molar-refractivity contribution is 7.91. The number of carbonyl (C=O) groups is 1. The molecule has 10 heteroatoms. The number of sulfone groups is 2. The number of nitrogens with zero attached hydrogens (tertiary/aromatic N) is 2. The lowest BCUT2D eigenvalue weighted by atomic mass is 10.2. The van der Waals surface area contributed by atoms with Crippen molar-refractivity contribution in [3.63, 3.8) is 0 Å². The molecule has 158 valence electrons. The molecule has 3 aromatic rings. The molecule has 0 fully saturated rings. The zero-order chi connectivity index (χ0) is 22.1. The topological polar surface area (TPSA) is 103 Å². The Morgan fingerprint density at radius 1 is 1.17 bits per heavy atom. The summed E-state index contributed by atoms with van der Waals surface area (Å²) in [7, 11) is -6.99. The van der Waals surface area contributed by atoms with Crippen LogP contribution >= 0.6 is 11.3 Å². The minimum absolute atomic E-state index is 0.00113. The minimum atomic E-state index is -3.60. The molecule has 0 atom stereocenters. The van der Waals surface area contributed by atoms with Crippen molar-refractivity contribution in [2.75, 3.05) is 12.0 Å². The normalized spacial score (nSPS) is 12.9. The van der Waals surface area contributed by atoms with Gasteiger partial charge in [0.05, 0.1) is 31.3 Å². The average Bonchev–Trinajstić information content (AvgIpc) is 3.04. The molecule has 0 radical (unpaired) electrons. The molecule has 0 N–H and O–H groups in total. The first-order chi connectivity index (χ1) is 14.1. The van der Waals surface area contributed by atoms with Gasteiger partial charge in [0.2, 0.25) is 0 Å². The number of aromatic nitrogens is 1. The molecule has 30 heavy (non-hydrogen) atoms. The Bertz CT molecular complexity index is 1430. The molecule has 0 aliphatic rings. The fourth-order valence-corrected chi connectivity index (χ4v) is 5.78. The van der Waals surface area contributed by atoms with E-state index >= 15 is 0 Å². The number of hydrogen-bond donors (Lipinski definition) is 0. The lowest BCUT2D eigenvalue weighted by Crippen LogP contribution is -2.17. The second-order valence-corrected chi connectivity index (χ2v) is 11.8. The van der Waals surface area contributed by atoms with Crippen LogP contribution < -0.4 is 4.80 Å². The van der Waals surface area contributed by atoms with Crippen LogP contribution in [0.4, 0.5) is 0 Å². The van der Waals surface area contributed by atoms with E-state index in [4.69, 9.17) is 0 Å².